The lowest BCUT2D eigenvalue weighted by Crippen LogP contribution is -2.32. The van der Waals surface area contributed by atoms with E-state index in [1.54, 1.807) is 24.3 Å². The maximum atomic E-state index is 14.5. The lowest BCUT2D eigenvalue weighted by Gasteiger charge is -2.26. The molecule has 0 radical (unpaired) electrons. The number of halogens is 3. The van der Waals surface area contributed by atoms with Crippen LogP contribution in [0.3, 0.4) is 0 Å². The Morgan fingerprint density at radius 3 is 2.23 bits per heavy atom. The first-order chi connectivity index (χ1) is 10.6. The number of rotatable bonds is 3. The molecular weight excluding hydrogens is 330 g/mol. The Labute approximate surface area is 136 Å². The van der Waals surface area contributed by atoms with Crippen molar-refractivity contribution in [1.82, 2.24) is 0 Å². The summed E-state index contributed by atoms with van der Waals surface area (Å²) in [5, 5.41) is 10.3. The summed E-state index contributed by atoms with van der Waals surface area (Å²) in [4.78, 5) is 0. The summed E-state index contributed by atoms with van der Waals surface area (Å²) in [7, 11) is 0. The van der Waals surface area contributed by atoms with Crippen molar-refractivity contribution in [3.63, 3.8) is 0 Å². The van der Waals surface area contributed by atoms with E-state index in [2.05, 4.69) is 0 Å². The van der Waals surface area contributed by atoms with Crippen molar-refractivity contribution >= 4 is 23.2 Å². The Bertz CT molecular complexity index is 718. The second kappa shape index (κ2) is 5.80. The van der Waals surface area contributed by atoms with Gasteiger partial charge in [0.25, 0.3) is 0 Å². The molecule has 1 aliphatic rings. The minimum atomic E-state index is -1.55. The van der Waals surface area contributed by atoms with Crippen molar-refractivity contribution < 1.29 is 19.0 Å². The largest absolute Gasteiger partial charge is 0.451 e. The summed E-state index contributed by atoms with van der Waals surface area (Å²) in [5.41, 5.74) is 1.16. The SMILES string of the molecule is OCC1(c2ccc(-c3c(Cl)cccc3Cl)cc2F)OC=CO1. The third kappa shape index (κ3) is 2.43. The van der Waals surface area contributed by atoms with E-state index in [1.807, 2.05) is 0 Å². The number of hydrogen-bond donors (Lipinski definition) is 1. The standard InChI is InChI=1S/C16H11Cl2FO3/c17-12-2-1-3-13(18)15(12)10-4-5-11(14(19)8-10)16(9-20)21-6-7-22-16/h1-8,20H,9H2. The Morgan fingerprint density at radius 1 is 1.05 bits per heavy atom. The number of benzene rings is 2. The fourth-order valence-corrected chi connectivity index (χ4v) is 2.96. The van der Waals surface area contributed by atoms with Gasteiger partial charge in [-0.2, -0.15) is 0 Å². The molecule has 0 fully saturated rings. The molecule has 0 unspecified atom stereocenters. The Morgan fingerprint density at radius 2 is 1.68 bits per heavy atom. The summed E-state index contributed by atoms with van der Waals surface area (Å²) in [6, 6.07) is 9.48. The Hall–Kier alpha value is -1.75. The van der Waals surface area contributed by atoms with Crippen molar-refractivity contribution in [2.75, 3.05) is 6.61 Å². The lowest BCUT2D eigenvalue weighted by molar-refractivity contribution is -0.179. The van der Waals surface area contributed by atoms with Crippen LogP contribution in [-0.2, 0) is 15.3 Å². The predicted molar refractivity (Wildman–Crippen MR) is 81.9 cm³/mol. The highest BCUT2D eigenvalue weighted by Gasteiger charge is 2.40. The zero-order valence-corrected chi connectivity index (χ0v) is 12.7. The molecule has 0 atom stereocenters. The monoisotopic (exact) mass is 340 g/mol. The number of aliphatic hydroxyl groups is 1. The topological polar surface area (TPSA) is 38.7 Å². The molecule has 22 heavy (non-hydrogen) atoms. The molecular formula is C16H11Cl2FO3. The molecule has 0 saturated carbocycles. The van der Waals surface area contributed by atoms with E-state index in [0.717, 1.165) is 0 Å². The molecule has 3 rings (SSSR count). The molecule has 6 heteroatoms. The van der Waals surface area contributed by atoms with Crippen molar-refractivity contribution in [3.05, 3.63) is 70.3 Å². The van der Waals surface area contributed by atoms with Gasteiger partial charge in [-0.3, -0.25) is 0 Å². The third-order valence-corrected chi connectivity index (χ3v) is 4.04. The van der Waals surface area contributed by atoms with Gasteiger partial charge in [0.2, 0.25) is 0 Å². The van der Waals surface area contributed by atoms with Gasteiger partial charge < -0.3 is 14.6 Å². The van der Waals surface area contributed by atoms with Gasteiger partial charge in [-0.1, -0.05) is 35.3 Å². The molecule has 2 aromatic rings. The van der Waals surface area contributed by atoms with Gasteiger partial charge in [0.05, 0.1) is 5.56 Å². The predicted octanol–water partition coefficient (Wildman–Crippen LogP) is 4.46. The summed E-state index contributed by atoms with van der Waals surface area (Å²) >= 11 is 12.3. The minimum absolute atomic E-state index is 0.0897. The van der Waals surface area contributed by atoms with E-state index in [4.69, 9.17) is 32.7 Å². The average Bonchev–Trinajstić information content (AvgIpc) is 2.97. The summed E-state index contributed by atoms with van der Waals surface area (Å²) < 4.78 is 24.9. The molecule has 0 bridgehead atoms. The van der Waals surface area contributed by atoms with Crippen molar-refractivity contribution in [2.24, 2.45) is 0 Å². The van der Waals surface area contributed by atoms with Gasteiger partial charge in [0, 0.05) is 15.6 Å². The molecule has 1 heterocycles. The molecule has 0 aromatic heterocycles. The molecule has 114 valence electrons. The van der Waals surface area contributed by atoms with Crippen LogP contribution in [0.25, 0.3) is 11.1 Å². The molecule has 0 saturated heterocycles. The summed E-state index contributed by atoms with van der Waals surface area (Å²) in [6.07, 6.45) is 2.52. The highest BCUT2D eigenvalue weighted by molar-refractivity contribution is 6.39. The number of aliphatic hydroxyl groups excluding tert-OH is 1. The molecule has 1 aliphatic heterocycles. The second-order valence-corrected chi connectivity index (χ2v) is 5.52. The van der Waals surface area contributed by atoms with E-state index in [1.165, 1.54) is 24.7 Å². The first-order valence-corrected chi connectivity index (χ1v) is 7.19. The van der Waals surface area contributed by atoms with Crippen LogP contribution in [0.5, 0.6) is 0 Å². The molecule has 2 aromatic carbocycles. The fraction of sp³-hybridized carbons (Fsp3) is 0.125. The zero-order valence-electron chi connectivity index (χ0n) is 11.2. The molecule has 1 N–H and O–H groups in total. The number of hydrogen-bond acceptors (Lipinski definition) is 3. The van der Waals surface area contributed by atoms with Crippen LogP contribution in [0.15, 0.2) is 48.9 Å². The summed E-state index contributed by atoms with van der Waals surface area (Å²) in [6.45, 7) is -0.525. The first-order valence-electron chi connectivity index (χ1n) is 6.43. The van der Waals surface area contributed by atoms with Gasteiger partial charge in [-0.05, 0) is 29.8 Å². The van der Waals surface area contributed by atoms with E-state index in [-0.39, 0.29) is 5.56 Å². The van der Waals surface area contributed by atoms with Gasteiger partial charge >= 0.3 is 5.79 Å². The van der Waals surface area contributed by atoms with E-state index in [9.17, 15) is 9.50 Å². The smallest absolute Gasteiger partial charge is 0.303 e. The van der Waals surface area contributed by atoms with Crippen LogP contribution < -0.4 is 0 Å². The van der Waals surface area contributed by atoms with Crippen LogP contribution in [-0.4, -0.2) is 11.7 Å². The van der Waals surface area contributed by atoms with Gasteiger partial charge in [0.15, 0.2) is 0 Å². The average molecular weight is 341 g/mol. The summed E-state index contributed by atoms with van der Waals surface area (Å²) in [5.74, 6) is -2.14. The minimum Gasteiger partial charge on any atom is -0.451 e. The highest BCUT2D eigenvalue weighted by atomic mass is 35.5. The van der Waals surface area contributed by atoms with Gasteiger partial charge in [-0.25, -0.2) is 4.39 Å². The van der Waals surface area contributed by atoms with Crippen LogP contribution >= 0.6 is 23.2 Å². The van der Waals surface area contributed by atoms with E-state index >= 15 is 0 Å². The van der Waals surface area contributed by atoms with Crippen molar-refractivity contribution in [3.8, 4) is 11.1 Å². The number of ether oxygens (including phenoxy) is 2. The molecule has 0 aliphatic carbocycles. The normalized spacial score (nSPS) is 15.5. The second-order valence-electron chi connectivity index (χ2n) is 4.71. The molecule has 0 spiro atoms. The quantitative estimate of drug-likeness (QED) is 0.896. The van der Waals surface area contributed by atoms with Crippen LogP contribution in [0.4, 0.5) is 4.39 Å². The Balaban J connectivity index is 2.07. The van der Waals surface area contributed by atoms with Crippen molar-refractivity contribution in [1.29, 1.82) is 0 Å². The lowest BCUT2D eigenvalue weighted by atomic mass is 9.99. The van der Waals surface area contributed by atoms with E-state index < -0.39 is 18.2 Å². The van der Waals surface area contributed by atoms with E-state index in [0.29, 0.717) is 21.2 Å². The van der Waals surface area contributed by atoms with Crippen LogP contribution in [0.1, 0.15) is 5.56 Å². The van der Waals surface area contributed by atoms with Gasteiger partial charge in [-0.15, -0.1) is 0 Å². The van der Waals surface area contributed by atoms with Gasteiger partial charge in [0.1, 0.15) is 24.9 Å². The molecule has 3 nitrogen and oxygen atoms in total. The van der Waals surface area contributed by atoms with Crippen molar-refractivity contribution in [2.45, 2.75) is 5.79 Å². The van der Waals surface area contributed by atoms with Crippen LogP contribution in [0, 0.1) is 5.82 Å². The third-order valence-electron chi connectivity index (χ3n) is 3.41. The highest BCUT2D eigenvalue weighted by Crippen LogP contribution is 2.38. The van der Waals surface area contributed by atoms with Crippen LogP contribution in [0.2, 0.25) is 10.0 Å². The maximum Gasteiger partial charge on any atom is 0.303 e. The maximum absolute atomic E-state index is 14.5. The Kier molecular flexibility index (Phi) is 4.00. The molecule has 0 amide bonds. The fourth-order valence-electron chi connectivity index (χ4n) is 2.34. The first kappa shape index (κ1) is 15.2. The zero-order chi connectivity index (χ0) is 15.7.